The molecule has 1 aromatic carbocycles. The molecule has 0 radical (unpaired) electrons. The number of aryl methyl sites for hydroxylation is 2. The summed E-state index contributed by atoms with van der Waals surface area (Å²) in [4.78, 5) is 17.1. The van der Waals surface area contributed by atoms with Crippen LogP contribution in [0.1, 0.15) is 47.3 Å². The predicted molar refractivity (Wildman–Crippen MR) is 94.6 cm³/mol. The molecule has 4 nitrogen and oxygen atoms in total. The lowest BCUT2D eigenvalue weighted by Gasteiger charge is -2.24. The second-order valence-corrected chi connectivity index (χ2v) is 6.87. The Morgan fingerprint density at radius 1 is 1.25 bits per heavy atom. The van der Waals surface area contributed by atoms with E-state index in [1.165, 1.54) is 5.56 Å². The van der Waals surface area contributed by atoms with E-state index in [1.807, 2.05) is 38.1 Å². The summed E-state index contributed by atoms with van der Waals surface area (Å²) in [6.45, 7) is 4.61. The fourth-order valence-corrected chi connectivity index (χ4v) is 3.43. The zero-order chi connectivity index (χ0) is 17.1. The molecular weight excluding hydrogens is 298 g/mol. The molecule has 1 fully saturated rings. The fraction of sp³-hybridized carbons (Fsp3) is 0.450. The third kappa shape index (κ3) is 3.56. The highest BCUT2D eigenvalue weighted by Gasteiger charge is 2.21. The van der Waals surface area contributed by atoms with E-state index in [4.69, 9.17) is 5.26 Å². The van der Waals surface area contributed by atoms with Crippen LogP contribution in [-0.4, -0.2) is 17.4 Å². The summed E-state index contributed by atoms with van der Waals surface area (Å²) in [5.41, 5.74) is 3.51. The summed E-state index contributed by atoms with van der Waals surface area (Å²) in [6.07, 6.45) is 3.94. The van der Waals surface area contributed by atoms with E-state index >= 15 is 0 Å². The van der Waals surface area contributed by atoms with Crippen molar-refractivity contribution >= 4 is 16.8 Å². The summed E-state index contributed by atoms with van der Waals surface area (Å²) >= 11 is 0. The summed E-state index contributed by atoms with van der Waals surface area (Å²) in [6, 6.07) is 10.4. The Morgan fingerprint density at radius 3 is 2.71 bits per heavy atom. The van der Waals surface area contributed by atoms with Gasteiger partial charge in [0.05, 0.1) is 22.8 Å². The molecule has 1 aliphatic carbocycles. The quantitative estimate of drug-likeness (QED) is 0.932. The van der Waals surface area contributed by atoms with Gasteiger partial charge < -0.3 is 5.32 Å². The Kier molecular flexibility index (Phi) is 4.80. The topological polar surface area (TPSA) is 65.8 Å². The summed E-state index contributed by atoms with van der Waals surface area (Å²) in [5, 5.41) is 13.0. The first-order valence-corrected chi connectivity index (χ1v) is 8.62. The van der Waals surface area contributed by atoms with E-state index < -0.39 is 0 Å². The van der Waals surface area contributed by atoms with Gasteiger partial charge in [-0.2, -0.15) is 5.26 Å². The van der Waals surface area contributed by atoms with Crippen LogP contribution in [-0.2, 0) is 0 Å². The van der Waals surface area contributed by atoms with Crippen LogP contribution in [0.15, 0.2) is 24.3 Å². The number of hydrogen-bond acceptors (Lipinski definition) is 3. The van der Waals surface area contributed by atoms with E-state index in [1.54, 1.807) is 0 Å². The molecule has 1 aliphatic rings. The molecule has 124 valence electrons. The number of rotatable bonds is 3. The van der Waals surface area contributed by atoms with Gasteiger partial charge in [0.1, 0.15) is 0 Å². The lowest BCUT2D eigenvalue weighted by atomic mass is 9.83. The molecule has 1 aromatic heterocycles. The number of carbonyl (C=O) groups is 1. The van der Waals surface area contributed by atoms with Gasteiger partial charge in [0.15, 0.2) is 0 Å². The van der Waals surface area contributed by atoms with Crippen LogP contribution in [0.5, 0.6) is 0 Å². The smallest absolute Gasteiger partial charge is 0.253 e. The van der Waals surface area contributed by atoms with Gasteiger partial charge >= 0.3 is 0 Å². The van der Waals surface area contributed by atoms with Crippen molar-refractivity contribution < 1.29 is 4.79 Å². The number of fused-ring (bicyclic) bond motifs is 1. The molecule has 0 unspecified atom stereocenters. The predicted octanol–water partition coefficient (Wildman–Crippen LogP) is 3.91. The fourth-order valence-electron chi connectivity index (χ4n) is 3.43. The molecular formula is C20H23N3O. The van der Waals surface area contributed by atoms with Gasteiger partial charge in [0, 0.05) is 17.8 Å². The maximum absolute atomic E-state index is 12.5. The number of benzene rings is 1. The van der Waals surface area contributed by atoms with Crippen LogP contribution in [0.2, 0.25) is 0 Å². The maximum Gasteiger partial charge on any atom is 0.253 e. The van der Waals surface area contributed by atoms with Crippen molar-refractivity contribution in [3.63, 3.8) is 0 Å². The Hall–Kier alpha value is -2.41. The number of nitrogens with one attached hydrogen (secondary N) is 1. The van der Waals surface area contributed by atoms with Crippen molar-refractivity contribution in [1.29, 1.82) is 5.26 Å². The molecule has 1 heterocycles. The van der Waals surface area contributed by atoms with Gasteiger partial charge in [0.2, 0.25) is 0 Å². The van der Waals surface area contributed by atoms with Gasteiger partial charge in [-0.1, -0.05) is 12.1 Å². The van der Waals surface area contributed by atoms with E-state index in [-0.39, 0.29) is 11.8 Å². The molecule has 2 aromatic rings. The van der Waals surface area contributed by atoms with Gasteiger partial charge in [-0.3, -0.25) is 9.78 Å². The van der Waals surface area contributed by atoms with Gasteiger partial charge in [-0.15, -0.1) is 0 Å². The minimum Gasteiger partial charge on any atom is -0.352 e. The molecule has 0 bridgehead atoms. The lowest BCUT2D eigenvalue weighted by molar-refractivity contribution is 0.0941. The first-order chi connectivity index (χ1) is 11.6. The van der Waals surface area contributed by atoms with Crippen molar-refractivity contribution in [1.82, 2.24) is 10.3 Å². The molecule has 4 heteroatoms. The monoisotopic (exact) mass is 321 g/mol. The van der Waals surface area contributed by atoms with Crippen molar-refractivity contribution in [2.75, 3.05) is 6.54 Å². The number of carbonyl (C=O) groups excluding carboxylic acids is 1. The normalized spacial score (nSPS) is 20.5. The summed E-state index contributed by atoms with van der Waals surface area (Å²) < 4.78 is 0. The molecule has 24 heavy (non-hydrogen) atoms. The minimum absolute atomic E-state index is 0.0510. The van der Waals surface area contributed by atoms with E-state index in [2.05, 4.69) is 16.4 Å². The third-order valence-corrected chi connectivity index (χ3v) is 4.99. The molecule has 1 saturated carbocycles. The average Bonchev–Trinajstić information content (AvgIpc) is 2.59. The van der Waals surface area contributed by atoms with Crippen LogP contribution in [0.3, 0.4) is 0 Å². The highest BCUT2D eigenvalue weighted by Crippen LogP contribution is 2.27. The Morgan fingerprint density at radius 2 is 2.00 bits per heavy atom. The SMILES string of the molecule is Cc1ccc2cc(C(=O)NCC3CCC(C#N)CC3)c(C)nc2c1. The Balaban J connectivity index is 1.67. The number of aromatic nitrogens is 1. The molecule has 0 saturated heterocycles. The number of hydrogen-bond donors (Lipinski definition) is 1. The maximum atomic E-state index is 12.5. The zero-order valence-electron chi connectivity index (χ0n) is 14.3. The standard InChI is InChI=1S/C20H23N3O/c1-13-3-8-17-10-18(14(2)23-19(17)9-13)20(24)22-12-16-6-4-15(11-21)5-7-16/h3,8-10,15-16H,4-7,12H2,1-2H3,(H,22,24). The van der Waals surface area contributed by atoms with Crippen molar-refractivity contribution in [2.24, 2.45) is 11.8 Å². The Bertz CT molecular complexity index is 798. The van der Waals surface area contributed by atoms with Gasteiger partial charge in [0.25, 0.3) is 5.91 Å². The first kappa shape index (κ1) is 16.4. The van der Waals surface area contributed by atoms with Crippen molar-refractivity contribution in [3.8, 4) is 6.07 Å². The van der Waals surface area contributed by atoms with E-state index in [9.17, 15) is 4.79 Å². The summed E-state index contributed by atoms with van der Waals surface area (Å²) in [7, 11) is 0. The van der Waals surface area contributed by atoms with Crippen LogP contribution in [0.25, 0.3) is 10.9 Å². The van der Waals surface area contributed by atoms with Crippen LogP contribution < -0.4 is 5.32 Å². The number of nitriles is 1. The van der Waals surface area contributed by atoms with Crippen LogP contribution in [0.4, 0.5) is 0 Å². The third-order valence-electron chi connectivity index (χ3n) is 4.99. The molecule has 3 rings (SSSR count). The van der Waals surface area contributed by atoms with Crippen LogP contribution >= 0.6 is 0 Å². The summed E-state index contributed by atoms with van der Waals surface area (Å²) in [5.74, 6) is 0.632. The second-order valence-electron chi connectivity index (χ2n) is 6.87. The van der Waals surface area contributed by atoms with E-state index in [0.717, 1.165) is 42.3 Å². The molecule has 1 amide bonds. The Labute approximate surface area is 142 Å². The number of nitrogens with zero attached hydrogens (tertiary/aromatic N) is 2. The van der Waals surface area contributed by atoms with Gasteiger partial charge in [-0.05, 0) is 63.1 Å². The van der Waals surface area contributed by atoms with E-state index in [0.29, 0.717) is 18.0 Å². The van der Waals surface area contributed by atoms with Crippen LogP contribution in [0, 0.1) is 37.0 Å². The lowest BCUT2D eigenvalue weighted by Crippen LogP contribution is -2.31. The zero-order valence-corrected chi connectivity index (χ0v) is 14.3. The second kappa shape index (κ2) is 7.00. The average molecular weight is 321 g/mol. The van der Waals surface area contributed by atoms with Crippen molar-refractivity contribution in [2.45, 2.75) is 39.5 Å². The molecule has 1 N–H and O–H groups in total. The first-order valence-electron chi connectivity index (χ1n) is 8.62. The number of pyridine rings is 1. The molecule has 0 spiro atoms. The highest BCUT2D eigenvalue weighted by atomic mass is 16.1. The number of amides is 1. The highest BCUT2D eigenvalue weighted by molar-refractivity contribution is 5.98. The minimum atomic E-state index is -0.0510. The largest absolute Gasteiger partial charge is 0.352 e. The molecule has 0 aliphatic heterocycles. The van der Waals surface area contributed by atoms with Crippen molar-refractivity contribution in [3.05, 3.63) is 41.1 Å². The van der Waals surface area contributed by atoms with Gasteiger partial charge in [-0.25, -0.2) is 0 Å². The molecule has 0 atom stereocenters.